The molecule has 1 fully saturated rings. The van der Waals surface area contributed by atoms with Crippen molar-refractivity contribution in [3.05, 3.63) is 46.2 Å². The van der Waals surface area contributed by atoms with Gasteiger partial charge in [0.25, 0.3) is 0 Å². The first-order valence-corrected chi connectivity index (χ1v) is 12.3. The summed E-state index contributed by atoms with van der Waals surface area (Å²) in [7, 11) is -4.07. The molecule has 0 aliphatic carbocycles. The molecule has 2 heterocycles. The van der Waals surface area contributed by atoms with Crippen LogP contribution in [0.3, 0.4) is 0 Å². The smallest absolute Gasteiger partial charge is 0.329 e. The molecular weight excluding hydrogens is 471 g/mol. The lowest BCUT2D eigenvalue weighted by molar-refractivity contribution is 0.0998. The van der Waals surface area contributed by atoms with Crippen LogP contribution >= 0.6 is 19.2 Å². The van der Waals surface area contributed by atoms with Crippen LogP contribution in [-0.2, 0) is 17.3 Å². The topological polar surface area (TPSA) is 206 Å². The molecule has 1 aliphatic rings. The van der Waals surface area contributed by atoms with E-state index >= 15 is 0 Å². The number of aliphatic imine (C=N–C) groups is 1. The number of carbonyl (C=O) groups is 1. The molecule has 0 saturated carbocycles. The van der Waals surface area contributed by atoms with Crippen LogP contribution in [0.15, 0.2) is 29.3 Å². The van der Waals surface area contributed by atoms with E-state index in [1.54, 1.807) is 12.1 Å². The second-order valence-electron chi connectivity index (χ2n) is 7.77. The largest absolute Gasteiger partial charge is 0.382 e. The maximum atomic E-state index is 12.3. The highest BCUT2D eigenvalue weighted by Gasteiger charge is 2.21. The van der Waals surface area contributed by atoms with Gasteiger partial charge in [-0.3, -0.25) is 14.3 Å². The number of guanidine groups is 1. The van der Waals surface area contributed by atoms with Gasteiger partial charge in [-0.2, -0.15) is 4.99 Å². The van der Waals surface area contributed by atoms with E-state index in [1.807, 2.05) is 12.1 Å². The molecule has 2 aromatic rings. The fourth-order valence-corrected chi connectivity index (χ4v) is 4.30. The lowest BCUT2D eigenvalue weighted by Crippen LogP contribution is -2.47. The molecule has 0 spiro atoms. The molecule has 12 nitrogen and oxygen atoms in total. The quantitative estimate of drug-likeness (QED) is 0.186. The fourth-order valence-electron chi connectivity index (χ4n) is 3.48. The van der Waals surface area contributed by atoms with Crippen molar-refractivity contribution in [1.82, 2.24) is 20.2 Å². The average Bonchev–Trinajstić information content (AvgIpc) is 2.72. The van der Waals surface area contributed by atoms with Gasteiger partial charge in [0.1, 0.15) is 0 Å². The molecule has 1 saturated heterocycles. The first-order chi connectivity index (χ1) is 15.5. The standard InChI is InChI=1S/C19H26ClN8O4P/c20-15-17(22)26-16(21)14(25-15)18(29)27-19(23)24-13-5-7-28(8-6-13)9-11-1-3-12(4-2-11)10-33(30,31)32/h1-4,13H,5-10H2,(H4,21,22,26)(H2,30,31,32)(H3,23,24,27,29). The molecular formula is C19H26ClN8O4P. The highest BCUT2D eigenvalue weighted by molar-refractivity contribution is 7.50. The first kappa shape index (κ1) is 24.9. The maximum absolute atomic E-state index is 12.3. The van der Waals surface area contributed by atoms with Crippen molar-refractivity contribution < 1.29 is 19.1 Å². The second kappa shape index (κ2) is 10.4. The number of rotatable bonds is 6. The Balaban J connectivity index is 1.49. The summed E-state index contributed by atoms with van der Waals surface area (Å²) in [4.78, 5) is 44.0. The molecule has 1 aromatic heterocycles. The third kappa shape index (κ3) is 7.37. The summed E-state index contributed by atoms with van der Waals surface area (Å²) in [5.41, 5.74) is 18.5. The molecule has 14 heteroatoms. The number of nitrogens with one attached hydrogen (secondary N) is 1. The second-order valence-corrected chi connectivity index (χ2v) is 9.77. The summed E-state index contributed by atoms with van der Waals surface area (Å²) in [5, 5.41) is 2.90. The summed E-state index contributed by atoms with van der Waals surface area (Å²) in [6.07, 6.45) is 1.31. The Labute approximate surface area is 195 Å². The zero-order valence-electron chi connectivity index (χ0n) is 17.7. The van der Waals surface area contributed by atoms with E-state index in [4.69, 9.17) is 38.6 Å². The highest BCUT2D eigenvalue weighted by atomic mass is 35.5. The number of halogens is 1. The number of anilines is 2. The van der Waals surface area contributed by atoms with Gasteiger partial charge in [-0.25, -0.2) is 9.97 Å². The molecule has 0 unspecified atom stereocenters. The average molecular weight is 497 g/mol. The highest BCUT2D eigenvalue weighted by Crippen LogP contribution is 2.38. The van der Waals surface area contributed by atoms with Crippen molar-refractivity contribution in [2.45, 2.75) is 31.6 Å². The Morgan fingerprint density at radius 3 is 2.36 bits per heavy atom. The maximum Gasteiger partial charge on any atom is 0.329 e. The number of hydrogen-bond donors (Lipinski definition) is 6. The van der Waals surface area contributed by atoms with Crippen molar-refractivity contribution in [1.29, 1.82) is 0 Å². The van der Waals surface area contributed by atoms with Crippen molar-refractivity contribution >= 4 is 42.7 Å². The third-order valence-electron chi connectivity index (χ3n) is 5.09. The summed E-state index contributed by atoms with van der Waals surface area (Å²) in [6, 6.07) is 7.28. The molecule has 0 radical (unpaired) electrons. The Bertz CT molecular complexity index is 1080. The van der Waals surface area contributed by atoms with Gasteiger partial charge in [0, 0.05) is 25.7 Å². The summed E-state index contributed by atoms with van der Waals surface area (Å²) in [5.74, 6) is -1.08. The predicted molar refractivity (Wildman–Crippen MR) is 125 cm³/mol. The van der Waals surface area contributed by atoms with Gasteiger partial charge in [-0.1, -0.05) is 35.9 Å². The normalized spacial score (nSPS) is 16.0. The van der Waals surface area contributed by atoms with Crippen molar-refractivity contribution in [2.75, 3.05) is 24.6 Å². The number of nitrogens with zero attached hydrogens (tertiary/aromatic N) is 4. The molecule has 0 bridgehead atoms. The molecule has 1 aliphatic heterocycles. The predicted octanol–water partition coefficient (Wildman–Crippen LogP) is 0.681. The number of piperidine rings is 1. The van der Waals surface area contributed by atoms with E-state index in [-0.39, 0.29) is 40.6 Å². The van der Waals surface area contributed by atoms with Crippen LogP contribution < -0.4 is 22.5 Å². The van der Waals surface area contributed by atoms with Gasteiger partial charge in [0.2, 0.25) is 0 Å². The molecule has 33 heavy (non-hydrogen) atoms. The van der Waals surface area contributed by atoms with Crippen molar-refractivity contribution in [3.8, 4) is 0 Å². The Morgan fingerprint density at radius 2 is 1.76 bits per heavy atom. The van der Waals surface area contributed by atoms with Crippen LogP contribution in [0.1, 0.15) is 34.5 Å². The third-order valence-corrected chi connectivity index (χ3v) is 6.14. The van der Waals surface area contributed by atoms with Crippen LogP contribution in [0.25, 0.3) is 0 Å². The van der Waals surface area contributed by atoms with E-state index in [9.17, 15) is 9.36 Å². The van der Waals surface area contributed by atoms with Crippen LogP contribution in [0.4, 0.5) is 11.6 Å². The van der Waals surface area contributed by atoms with Crippen LogP contribution in [-0.4, -0.2) is 55.7 Å². The fraction of sp³-hybridized carbons (Fsp3) is 0.368. The van der Waals surface area contributed by atoms with Gasteiger partial charge in [-0.15, -0.1) is 0 Å². The molecule has 0 atom stereocenters. The van der Waals surface area contributed by atoms with Gasteiger partial charge >= 0.3 is 13.5 Å². The molecule has 1 aromatic carbocycles. The van der Waals surface area contributed by atoms with E-state index in [0.29, 0.717) is 5.56 Å². The van der Waals surface area contributed by atoms with Crippen LogP contribution in [0.2, 0.25) is 5.15 Å². The number of nitrogens with two attached hydrogens (primary N) is 3. The van der Waals surface area contributed by atoms with E-state index in [1.165, 1.54) is 0 Å². The minimum absolute atomic E-state index is 0.0434. The number of likely N-dealkylation sites (tertiary alicyclic amines) is 1. The van der Waals surface area contributed by atoms with Gasteiger partial charge in [0.15, 0.2) is 28.4 Å². The number of benzene rings is 1. The number of carbonyl (C=O) groups excluding carboxylic acids is 1. The van der Waals surface area contributed by atoms with E-state index < -0.39 is 13.5 Å². The van der Waals surface area contributed by atoms with Gasteiger partial charge < -0.3 is 32.3 Å². The summed E-state index contributed by atoms with van der Waals surface area (Å²) >= 11 is 5.79. The van der Waals surface area contributed by atoms with Crippen LogP contribution in [0, 0.1) is 0 Å². The van der Waals surface area contributed by atoms with Crippen molar-refractivity contribution in [3.63, 3.8) is 0 Å². The zero-order chi connectivity index (χ0) is 24.2. The molecule has 9 N–H and O–H groups in total. The molecule has 3 rings (SSSR count). The van der Waals surface area contributed by atoms with E-state index in [2.05, 4.69) is 25.2 Å². The van der Waals surface area contributed by atoms with Gasteiger partial charge in [-0.05, 0) is 24.0 Å². The van der Waals surface area contributed by atoms with E-state index in [0.717, 1.165) is 38.0 Å². The van der Waals surface area contributed by atoms with Crippen molar-refractivity contribution in [2.24, 2.45) is 10.7 Å². The molecule has 1 amide bonds. The lowest BCUT2D eigenvalue weighted by atomic mass is 10.0. The number of hydrogen-bond acceptors (Lipinski definition) is 7. The van der Waals surface area contributed by atoms with Gasteiger partial charge in [0.05, 0.1) is 6.16 Å². The molecule has 178 valence electrons. The Morgan fingerprint density at radius 1 is 1.15 bits per heavy atom. The Hall–Kier alpha value is -2.76. The minimum Gasteiger partial charge on any atom is -0.382 e. The lowest BCUT2D eigenvalue weighted by Gasteiger charge is -2.32. The van der Waals surface area contributed by atoms with Crippen LogP contribution in [0.5, 0.6) is 0 Å². The monoisotopic (exact) mass is 496 g/mol. The number of aromatic nitrogens is 2. The first-order valence-electron chi connectivity index (χ1n) is 10.1. The Kier molecular flexibility index (Phi) is 7.88. The summed E-state index contributed by atoms with van der Waals surface area (Å²) < 4.78 is 11.1. The SMILES string of the molecule is N/C(=N\C(=O)c1nc(Cl)c(N)nc1N)NC1CCN(Cc2ccc(CP(=O)(O)O)cc2)CC1. The minimum atomic E-state index is -4.07. The summed E-state index contributed by atoms with van der Waals surface area (Å²) in [6.45, 7) is 2.32. The number of amides is 1. The number of nitrogen functional groups attached to an aromatic ring is 2. The zero-order valence-corrected chi connectivity index (χ0v) is 19.3.